The molecule has 0 fully saturated rings. The highest BCUT2D eigenvalue weighted by molar-refractivity contribution is 5.33. The number of hydrogen-bond acceptors (Lipinski definition) is 6. The first-order valence-corrected chi connectivity index (χ1v) is 5.91. The second-order valence-electron chi connectivity index (χ2n) is 4.84. The van der Waals surface area contributed by atoms with Gasteiger partial charge in [-0.3, -0.25) is 0 Å². The molecular formula is C12H21N3O3. The number of ether oxygens (including phenoxy) is 1. The zero-order valence-corrected chi connectivity index (χ0v) is 11.3. The van der Waals surface area contributed by atoms with Crippen LogP contribution >= 0.6 is 0 Å². The number of aliphatic hydroxyl groups is 2. The second-order valence-corrected chi connectivity index (χ2v) is 4.84. The SMILES string of the molecule is Cc1cc(OC(C)C)nc(NC(C)(CO)CO)n1. The van der Waals surface area contributed by atoms with E-state index in [9.17, 15) is 10.2 Å². The summed E-state index contributed by atoms with van der Waals surface area (Å²) in [6, 6.07) is 1.74. The molecule has 1 heterocycles. The van der Waals surface area contributed by atoms with E-state index in [1.165, 1.54) is 0 Å². The molecule has 6 nitrogen and oxygen atoms in total. The minimum atomic E-state index is -0.858. The van der Waals surface area contributed by atoms with E-state index in [0.717, 1.165) is 5.69 Å². The Morgan fingerprint density at radius 3 is 2.44 bits per heavy atom. The summed E-state index contributed by atoms with van der Waals surface area (Å²) < 4.78 is 5.50. The highest BCUT2D eigenvalue weighted by atomic mass is 16.5. The Kier molecular flexibility index (Phi) is 4.86. The highest BCUT2D eigenvalue weighted by Gasteiger charge is 2.23. The molecule has 0 bridgehead atoms. The fourth-order valence-electron chi connectivity index (χ4n) is 1.30. The Labute approximate surface area is 107 Å². The Morgan fingerprint density at radius 2 is 1.94 bits per heavy atom. The van der Waals surface area contributed by atoms with Gasteiger partial charge in [-0.25, -0.2) is 4.98 Å². The number of nitrogens with zero attached hydrogens (tertiary/aromatic N) is 2. The summed E-state index contributed by atoms with van der Waals surface area (Å²) in [5, 5.41) is 21.3. The molecule has 102 valence electrons. The zero-order valence-electron chi connectivity index (χ0n) is 11.3. The van der Waals surface area contributed by atoms with Gasteiger partial charge in [-0.05, 0) is 27.7 Å². The number of nitrogens with one attached hydrogen (secondary N) is 1. The average molecular weight is 255 g/mol. The molecule has 6 heteroatoms. The number of aryl methyl sites for hydroxylation is 1. The predicted molar refractivity (Wildman–Crippen MR) is 68.7 cm³/mol. The van der Waals surface area contributed by atoms with Crippen LogP contribution in [0.1, 0.15) is 26.5 Å². The predicted octanol–water partition coefficient (Wildman–Crippen LogP) is 0.727. The lowest BCUT2D eigenvalue weighted by Gasteiger charge is -2.26. The van der Waals surface area contributed by atoms with Crippen LogP contribution in [-0.4, -0.2) is 45.0 Å². The maximum atomic E-state index is 9.22. The molecule has 0 spiro atoms. The Bertz CT molecular complexity index is 392. The fourth-order valence-corrected chi connectivity index (χ4v) is 1.30. The van der Waals surface area contributed by atoms with Gasteiger partial charge in [0, 0.05) is 11.8 Å². The lowest BCUT2D eigenvalue weighted by Crippen LogP contribution is -2.43. The van der Waals surface area contributed by atoms with Crippen LogP contribution in [0.3, 0.4) is 0 Å². The Morgan fingerprint density at radius 1 is 1.33 bits per heavy atom. The van der Waals surface area contributed by atoms with Crippen LogP contribution < -0.4 is 10.1 Å². The van der Waals surface area contributed by atoms with Crippen molar-refractivity contribution in [3.8, 4) is 5.88 Å². The summed E-state index contributed by atoms with van der Waals surface area (Å²) in [6.45, 7) is 6.89. The Hall–Kier alpha value is -1.40. The number of aromatic nitrogens is 2. The molecule has 0 unspecified atom stereocenters. The van der Waals surface area contributed by atoms with Crippen LogP contribution in [0, 0.1) is 6.92 Å². The van der Waals surface area contributed by atoms with Crippen LogP contribution in [-0.2, 0) is 0 Å². The van der Waals surface area contributed by atoms with Crippen molar-refractivity contribution in [2.24, 2.45) is 0 Å². The molecule has 1 aromatic heterocycles. The van der Waals surface area contributed by atoms with Crippen LogP contribution in [0.15, 0.2) is 6.07 Å². The van der Waals surface area contributed by atoms with Crippen molar-refractivity contribution in [2.45, 2.75) is 39.3 Å². The smallest absolute Gasteiger partial charge is 0.226 e. The summed E-state index contributed by atoms with van der Waals surface area (Å²) in [6.07, 6.45) is 0.0224. The second kappa shape index (κ2) is 5.97. The van der Waals surface area contributed by atoms with Crippen LogP contribution in [0.5, 0.6) is 5.88 Å². The topological polar surface area (TPSA) is 87.5 Å². The van der Waals surface area contributed by atoms with Crippen molar-refractivity contribution in [1.82, 2.24) is 9.97 Å². The van der Waals surface area contributed by atoms with Gasteiger partial charge in [-0.15, -0.1) is 0 Å². The van der Waals surface area contributed by atoms with Gasteiger partial charge in [-0.2, -0.15) is 4.98 Å². The van der Waals surface area contributed by atoms with Crippen molar-refractivity contribution in [3.05, 3.63) is 11.8 Å². The van der Waals surface area contributed by atoms with E-state index in [0.29, 0.717) is 11.8 Å². The third-order valence-corrected chi connectivity index (χ3v) is 2.30. The molecule has 18 heavy (non-hydrogen) atoms. The van der Waals surface area contributed by atoms with Gasteiger partial charge in [0.15, 0.2) is 0 Å². The highest BCUT2D eigenvalue weighted by Crippen LogP contribution is 2.16. The first-order chi connectivity index (χ1) is 8.38. The van der Waals surface area contributed by atoms with E-state index in [-0.39, 0.29) is 19.3 Å². The minimum Gasteiger partial charge on any atom is -0.475 e. The van der Waals surface area contributed by atoms with Gasteiger partial charge in [0.1, 0.15) is 0 Å². The Balaban J connectivity index is 2.92. The zero-order chi connectivity index (χ0) is 13.8. The normalized spacial score (nSPS) is 11.7. The molecule has 0 saturated heterocycles. The standard InChI is InChI=1S/C12H21N3O3/c1-8(2)18-10-5-9(3)13-11(14-10)15-12(4,6-16)7-17/h5,8,16-17H,6-7H2,1-4H3,(H,13,14,15). The molecule has 0 amide bonds. The van der Waals surface area contributed by atoms with Crippen molar-refractivity contribution >= 4 is 5.95 Å². The summed E-state index contributed by atoms with van der Waals surface area (Å²) >= 11 is 0. The van der Waals surface area contributed by atoms with Gasteiger partial charge in [0.05, 0.1) is 24.9 Å². The van der Waals surface area contributed by atoms with Crippen molar-refractivity contribution < 1.29 is 14.9 Å². The molecule has 1 rings (SSSR count). The van der Waals surface area contributed by atoms with Gasteiger partial charge in [0.25, 0.3) is 0 Å². The molecule has 0 radical (unpaired) electrons. The van der Waals surface area contributed by atoms with Crippen LogP contribution in [0.25, 0.3) is 0 Å². The molecule has 0 aliphatic rings. The monoisotopic (exact) mass is 255 g/mol. The van der Waals surface area contributed by atoms with Gasteiger partial charge >= 0.3 is 0 Å². The van der Waals surface area contributed by atoms with E-state index < -0.39 is 5.54 Å². The maximum Gasteiger partial charge on any atom is 0.226 e. The van der Waals surface area contributed by atoms with Gasteiger partial charge in [-0.1, -0.05) is 0 Å². The van der Waals surface area contributed by atoms with Gasteiger partial charge in [0.2, 0.25) is 11.8 Å². The van der Waals surface area contributed by atoms with Crippen LogP contribution in [0.2, 0.25) is 0 Å². The molecule has 0 saturated carbocycles. The molecule has 3 N–H and O–H groups in total. The molecule has 0 aromatic carbocycles. The van der Waals surface area contributed by atoms with Crippen molar-refractivity contribution in [3.63, 3.8) is 0 Å². The third kappa shape index (κ3) is 4.12. The summed E-state index contributed by atoms with van der Waals surface area (Å²) in [4.78, 5) is 8.39. The van der Waals surface area contributed by atoms with Crippen LogP contribution in [0.4, 0.5) is 5.95 Å². The largest absolute Gasteiger partial charge is 0.475 e. The molecule has 1 aromatic rings. The summed E-state index contributed by atoms with van der Waals surface area (Å²) in [5.74, 6) is 0.800. The summed E-state index contributed by atoms with van der Waals surface area (Å²) in [7, 11) is 0. The average Bonchev–Trinajstić information content (AvgIpc) is 2.27. The fraction of sp³-hybridized carbons (Fsp3) is 0.667. The molecule has 0 aliphatic carbocycles. The van der Waals surface area contributed by atoms with E-state index >= 15 is 0 Å². The maximum absolute atomic E-state index is 9.22. The number of aliphatic hydroxyl groups excluding tert-OH is 2. The number of rotatable bonds is 6. The number of anilines is 1. The van der Waals surface area contributed by atoms with E-state index in [1.807, 2.05) is 20.8 Å². The van der Waals surface area contributed by atoms with E-state index in [2.05, 4.69) is 15.3 Å². The molecule has 0 aliphatic heterocycles. The van der Waals surface area contributed by atoms with E-state index in [4.69, 9.17) is 4.74 Å². The summed E-state index contributed by atoms with van der Waals surface area (Å²) in [5.41, 5.74) is -0.107. The lowest BCUT2D eigenvalue weighted by molar-refractivity contribution is 0.146. The first kappa shape index (κ1) is 14.7. The van der Waals surface area contributed by atoms with Crippen molar-refractivity contribution in [1.29, 1.82) is 0 Å². The third-order valence-electron chi connectivity index (χ3n) is 2.30. The van der Waals surface area contributed by atoms with Gasteiger partial charge < -0.3 is 20.3 Å². The first-order valence-electron chi connectivity index (χ1n) is 5.91. The molecule has 0 atom stereocenters. The number of hydrogen-bond donors (Lipinski definition) is 3. The van der Waals surface area contributed by atoms with Crippen molar-refractivity contribution in [2.75, 3.05) is 18.5 Å². The lowest BCUT2D eigenvalue weighted by atomic mass is 10.1. The van der Waals surface area contributed by atoms with E-state index in [1.54, 1.807) is 13.0 Å². The minimum absolute atomic E-state index is 0.0224. The molecular weight excluding hydrogens is 234 g/mol. The quantitative estimate of drug-likeness (QED) is 0.694.